The van der Waals surface area contributed by atoms with Crippen LogP contribution in [0.3, 0.4) is 0 Å². The highest BCUT2D eigenvalue weighted by molar-refractivity contribution is 5.88. The van der Waals surface area contributed by atoms with Crippen molar-refractivity contribution in [2.24, 2.45) is 0 Å². The molecule has 17 heteroatoms. The third-order valence-electron chi connectivity index (χ3n) is 9.52. The summed E-state index contributed by atoms with van der Waals surface area (Å²) in [5.41, 5.74) is -0.552. The molecule has 5 rings (SSSR count). The number of carbonyl (C=O) groups excluding carboxylic acids is 4. The van der Waals surface area contributed by atoms with Crippen molar-refractivity contribution >= 4 is 35.8 Å². The molecule has 1 aromatic rings. The first-order valence-corrected chi connectivity index (χ1v) is 15.5. The number of ether oxygens (including phenoxy) is 6. The predicted octanol–water partition coefficient (Wildman–Crippen LogP) is -0.398. The molecule has 2 bridgehead atoms. The van der Waals surface area contributed by atoms with E-state index in [0.717, 1.165) is 25.0 Å². The van der Waals surface area contributed by atoms with Gasteiger partial charge < -0.3 is 53.7 Å². The second kappa shape index (κ2) is 13.3. The quantitative estimate of drug-likeness (QED) is 0.152. The first kappa shape index (κ1) is 35.6. The minimum absolute atomic E-state index is 0.0492. The zero-order chi connectivity index (χ0) is 36.0. The number of esters is 4. The molecule has 0 radical (unpaired) electrons. The van der Waals surface area contributed by atoms with Crippen molar-refractivity contribution in [3.8, 4) is 11.5 Å². The average Bonchev–Trinajstić information content (AvgIpc) is 3.39. The Kier molecular flexibility index (Phi) is 9.64. The van der Waals surface area contributed by atoms with E-state index in [9.17, 15) is 39.0 Å². The molecule has 0 aromatic heterocycles. The summed E-state index contributed by atoms with van der Waals surface area (Å²) >= 11 is 0. The van der Waals surface area contributed by atoms with Crippen LogP contribution < -0.4 is 9.47 Å². The van der Waals surface area contributed by atoms with Gasteiger partial charge in [-0.25, -0.2) is 19.2 Å². The van der Waals surface area contributed by atoms with Crippen molar-refractivity contribution in [3.63, 3.8) is 0 Å². The molecule has 1 fully saturated rings. The van der Waals surface area contributed by atoms with Crippen LogP contribution in [0.2, 0.25) is 0 Å². The Labute approximate surface area is 279 Å². The van der Waals surface area contributed by atoms with Gasteiger partial charge in [-0.3, -0.25) is 9.59 Å². The lowest BCUT2D eigenvalue weighted by molar-refractivity contribution is -0.186. The van der Waals surface area contributed by atoms with E-state index in [-0.39, 0.29) is 18.2 Å². The van der Waals surface area contributed by atoms with Gasteiger partial charge in [0.25, 0.3) is 0 Å². The number of methoxy groups -OCH3 is 1. The van der Waals surface area contributed by atoms with Crippen molar-refractivity contribution in [1.82, 2.24) is 4.90 Å². The van der Waals surface area contributed by atoms with Crippen LogP contribution in [0.15, 0.2) is 24.0 Å². The first-order chi connectivity index (χ1) is 23.0. The van der Waals surface area contributed by atoms with Crippen molar-refractivity contribution in [3.05, 3.63) is 35.1 Å². The van der Waals surface area contributed by atoms with Crippen LogP contribution >= 0.6 is 0 Å². The molecule has 266 valence electrons. The molecule has 2 aliphatic carbocycles. The van der Waals surface area contributed by atoms with Gasteiger partial charge in [-0.15, -0.1) is 0 Å². The molecular weight excluding hydrogens is 654 g/mol. The number of carboxylic acids is 2. The highest BCUT2D eigenvalue weighted by Crippen LogP contribution is 2.65. The molecule has 17 nitrogen and oxygen atoms in total. The molecular formula is C32H37NO16. The van der Waals surface area contributed by atoms with E-state index >= 15 is 0 Å². The summed E-state index contributed by atoms with van der Waals surface area (Å²) in [6, 6.07) is 3.43. The second-order valence-electron chi connectivity index (χ2n) is 12.5. The average molecular weight is 692 g/mol. The van der Waals surface area contributed by atoms with Gasteiger partial charge >= 0.3 is 35.8 Å². The Morgan fingerprint density at radius 2 is 1.69 bits per heavy atom. The molecule has 49 heavy (non-hydrogen) atoms. The summed E-state index contributed by atoms with van der Waals surface area (Å²) in [4.78, 5) is 75.3. The summed E-state index contributed by atoms with van der Waals surface area (Å²) < 4.78 is 32.3. The summed E-state index contributed by atoms with van der Waals surface area (Å²) in [5.74, 6) is -7.71. The van der Waals surface area contributed by atoms with Gasteiger partial charge in [0.1, 0.15) is 11.9 Å². The number of carbonyl (C=O) groups is 6. The Hall–Kier alpha value is -4.74. The summed E-state index contributed by atoms with van der Waals surface area (Å²) in [5, 5.41) is 40.0. The number of piperidine rings is 1. The van der Waals surface area contributed by atoms with Crippen LogP contribution in [0.1, 0.15) is 50.7 Å². The van der Waals surface area contributed by atoms with Crippen molar-refractivity contribution in [2.45, 2.75) is 93.5 Å². The molecule has 8 atom stereocenters. The van der Waals surface area contributed by atoms with Gasteiger partial charge in [-0.1, -0.05) is 6.07 Å². The number of nitrogens with zero attached hydrogens (tertiary/aromatic N) is 1. The van der Waals surface area contributed by atoms with Gasteiger partial charge in [0, 0.05) is 18.0 Å². The Balaban J connectivity index is 1.35. The fourth-order valence-corrected chi connectivity index (χ4v) is 7.20. The number of rotatable bonds is 13. The normalized spacial score (nSPS) is 27.1. The van der Waals surface area contributed by atoms with E-state index in [4.69, 9.17) is 33.9 Å². The smallest absolute Gasteiger partial charge is 0.348 e. The number of hydrogen-bond donors (Lipinski definition) is 4. The standard InChI is InChI=1S/C32H37NO16/c1-14(34)28(40)48-20(30(42)45-15(2)29(41)47-19(27(38)39)12-22(35)36)13-23(37)46-18-7-8-32(43)21-11-16-5-6-17(44-4)25-24(16)31(32,26(18)49-25)9-10-33(21)3/h5-7,14-15,19-21,26,34,43H,8-13H2,1-4H3,(H,35,36)(H,38,39)/t14-,15-,19-,20-,21-,26-,31-,32+/m0/s1. The van der Waals surface area contributed by atoms with E-state index in [1.54, 1.807) is 12.1 Å². The van der Waals surface area contributed by atoms with Crippen LogP contribution in [-0.2, 0) is 59.6 Å². The molecule has 4 aliphatic rings. The Bertz CT molecular complexity index is 1600. The minimum Gasteiger partial charge on any atom is -0.493 e. The van der Waals surface area contributed by atoms with Crippen LogP contribution in [0, 0.1) is 0 Å². The molecule has 1 spiro atoms. The number of aliphatic hydroxyl groups is 2. The number of benzene rings is 1. The van der Waals surface area contributed by atoms with Crippen LogP contribution in [0.5, 0.6) is 11.5 Å². The second-order valence-corrected chi connectivity index (χ2v) is 12.5. The lowest BCUT2D eigenvalue weighted by atomic mass is 9.50. The Morgan fingerprint density at radius 3 is 2.33 bits per heavy atom. The SMILES string of the molecule is COc1ccc2c3c1O[C@H]1C(OC(=O)C[C@H](OC(=O)[C@H](C)O)C(=O)O[C@@H](C)C(=O)O[C@@H](CC(=O)O)C(=O)O)=CC[C@@]4(O)[C@H](C2)N(C)CC[C@]314. The number of likely N-dealkylation sites (tertiary alicyclic amines) is 1. The molecule has 0 saturated carbocycles. The Morgan fingerprint density at radius 1 is 1.00 bits per heavy atom. The van der Waals surface area contributed by atoms with Crippen LogP contribution in [0.25, 0.3) is 0 Å². The van der Waals surface area contributed by atoms with Gasteiger partial charge in [-0.2, -0.15) is 0 Å². The fraction of sp³-hybridized carbons (Fsp3) is 0.562. The molecule has 1 aromatic carbocycles. The zero-order valence-electron chi connectivity index (χ0n) is 27.1. The van der Waals surface area contributed by atoms with E-state index in [1.807, 2.05) is 13.1 Å². The maximum Gasteiger partial charge on any atom is 0.348 e. The maximum absolute atomic E-state index is 13.4. The van der Waals surface area contributed by atoms with E-state index in [1.165, 1.54) is 7.11 Å². The molecule has 1 saturated heterocycles. The number of aliphatic carboxylic acids is 2. The number of aliphatic hydroxyl groups excluding tert-OH is 1. The fourth-order valence-electron chi connectivity index (χ4n) is 7.20. The predicted molar refractivity (Wildman–Crippen MR) is 159 cm³/mol. The third-order valence-corrected chi connectivity index (χ3v) is 9.52. The van der Waals surface area contributed by atoms with Crippen molar-refractivity contribution in [2.75, 3.05) is 20.7 Å². The summed E-state index contributed by atoms with van der Waals surface area (Å²) in [6.45, 7) is 2.63. The molecule has 0 amide bonds. The monoisotopic (exact) mass is 691 g/mol. The number of hydrogen-bond acceptors (Lipinski definition) is 15. The first-order valence-electron chi connectivity index (χ1n) is 15.5. The van der Waals surface area contributed by atoms with Crippen molar-refractivity contribution in [1.29, 1.82) is 0 Å². The summed E-state index contributed by atoms with van der Waals surface area (Å²) in [7, 11) is 3.42. The van der Waals surface area contributed by atoms with Crippen LogP contribution in [0.4, 0.5) is 0 Å². The lowest BCUT2D eigenvalue weighted by Crippen LogP contribution is -2.74. The highest BCUT2D eigenvalue weighted by Gasteiger charge is 2.72. The van der Waals surface area contributed by atoms with Gasteiger partial charge in [0.2, 0.25) is 12.2 Å². The van der Waals surface area contributed by atoms with Crippen LogP contribution in [-0.4, -0.2) is 124 Å². The topological polar surface area (TPSA) is 242 Å². The third kappa shape index (κ3) is 6.17. The van der Waals surface area contributed by atoms with Crippen molar-refractivity contribution < 1.29 is 77.6 Å². The largest absolute Gasteiger partial charge is 0.493 e. The number of carboxylic acid groups (broad SMARTS) is 2. The minimum atomic E-state index is -2.09. The van der Waals surface area contributed by atoms with E-state index in [2.05, 4.69) is 9.64 Å². The van der Waals surface area contributed by atoms with E-state index in [0.29, 0.717) is 30.9 Å². The van der Waals surface area contributed by atoms with Gasteiger partial charge in [0.05, 0.1) is 31.0 Å². The molecule has 4 N–H and O–H groups in total. The number of likely N-dealkylation sites (N-methyl/N-ethyl adjacent to an activating group) is 1. The highest BCUT2D eigenvalue weighted by atomic mass is 16.6. The van der Waals surface area contributed by atoms with Gasteiger partial charge in [-0.05, 0) is 58.0 Å². The zero-order valence-corrected chi connectivity index (χ0v) is 27.1. The van der Waals surface area contributed by atoms with E-state index < -0.39 is 90.2 Å². The molecule has 0 unspecified atom stereocenters. The lowest BCUT2D eigenvalue weighted by Gasteiger charge is -2.61. The van der Waals surface area contributed by atoms with Gasteiger partial charge in [0.15, 0.2) is 23.7 Å². The molecule has 2 aliphatic heterocycles. The maximum atomic E-state index is 13.4. The molecule has 2 heterocycles. The summed E-state index contributed by atoms with van der Waals surface area (Å²) in [6.07, 6.45) is -8.04.